The molecule has 0 amide bonds. The van der Waals surface area contributed by atoms with Gasteiger partial charge in [0.1, 0.15) is 18.5 Å². The molecule has 1 heterocycles. The van der Waals surface area contributed by atoms with Crippen LogP contribution in [-0.4, -0.2) is 41.9 Å². The Morgan fingerprint density at radius 1 is 1.47 bits per heavy atom. The molecule has 0 aliphatic carbocycles. The summed E-state index contributed by atoms with van der Waals surface area (Å²) in [4.78, 5) is 0. The lowest BCUT2D eigenvalue weighted by atomic mass is 10.2. The van der Waals surface area contributed by atoms with E-state index in [4.69, 9.17) is 27.9 Å². The van der Waals surface area contributed by atoms with Gasteiger partial charge >= 0.3 is 0 Å². The molecule has 19 heavy (non-hydrogen) atoms. The molecule has 2 N–H and O–H groups in total. The number of benzene rings is 1. The number of halogens is 2. The molecule has 1 fully saturated rings. The van der Waals surface area contributed by atoms with E-state index in [1.54, 1.807) is 18.2 Å². The van der Waals surface area contributed by atoms with Crippen molar-refractivity contribution >= 4 is 35.0 Å². The van der Waals surface area contributed by atoms with E-state index in [2.05, 4.69) is 5.32 Å². The third kappa shape index (κ3) is 5.04. The largest absolute Gasteiger partial charge is 0.489 e. The van der Waals surface area contributed by atoms with E-state index < -0.39 is 6.10 Å². The van der Waals surface area contributed by atoms with Gasteiger partial charge in [0.2, 0.25) is 0 Å². The van der Waals surface area contributed by atoms with Crippen LogP contribution in [0.25, 0.3) is 0 Å². The minimum atomic E-state index is -0.555. The number of hydrogen-bond donors (Lipinski definition) is 2. The number of hydrogen-bond acceptors (Lipinski definition) is 4. The van der Waals surface area contributed by atoms with Crippen LogP contribution in [0.4, 0.5) is 0 Å². The van der Waals surface area contributed by atoms with Crippen molar-refractivity contribution in [2.24, 2.45) is 0 Å². The van der Waals surface area contributed by atoms with Crippen LogP contribution in [0.5, 0.6) is 5.75 Å². The van der Waals surface area contributed by atoms with E-state index in [9.17, 15) is 5.11 Å². The summed E-state index contributed by atoms with van der Waals surface area (Å²) >= 11 is 13.8. The summed E-state index contributed by atoms with van der Waals surface area (Å²) in [5.41, 5.74) is 0. The van der Waals surface area contributed by atoms with Crippen molar-refractivity contribution in [3.63, 3.8) is 0 Å². The standard InChI is InChI=1S/C13H17Cl2NO2S/c14-9-1-2-12(15)13(5-9)18-7-11(17)6-16-10-3-4-19-8-10/h1-2,5,10-11,16-17H,3-4,6-8H2. The second-order valence-electron chi connectivity index (χ2n) is 4.51. The average Bonchev–Trinajstić information content (AvgIpc) is 2.90. The highest BCUT2D eigenvalue weighted by atomic mass is 35.5. The SMILES string of the molecule is OC(CNC1CCSC1)COc1cc(Cl)ccc1Cl. The number of rotatable bonds is 6. The Balaban J connectivity index is 1.73. The van der Waals surface area contributed by atoms with Gasteiger partial charge in [0.05, 0.1) is 5.02 Å². The summed E-state index contributed by atoms with van der Waals surface area (Å²) < 4.78 is 5.48. The fourth-order valence-corrected chi connectivity index (χ4v) is 3.35. The van der Waals surface area contributed by atoms with Gasteiger partial charge in [-0.25, -0.2) is 0 Å². The quantitative estimate of drug-likeness (QED) is 0.845. The Bertz CT molecular complexity index is 414. The van der Waals surface area contributed by atoms with Crippen LogP contribution in [0.3, 0.4) is 0 Å². The lowest BCUT2D eigenvalue weighted by molar-refractivity contribution is 0.104. The van der Waals surface area contributed by atoms with Crippen LogP contribution >= 0.6 is 35.0 Å². The van der Waals surface area contributed by atoms with Gasteiger partial charge in [-0.05, 0) is 24.3 Å². The normalized spacial score (nSPS) is 20.5. The minimum Gasteiger partial charge on any atom is -0.489 e. The number of nitrogens with one attached hydrogen (secondary N) is 1. The molecule has 1 aromatic rings. The Morgan fingerprint density at radius 2 is 2.32 bits per heavy atom. The molecule has 2 atom stereocenters. The molecule has 0 radical (unpaired) electrons. The maximum atomic E-state index is 9.86. The predicted octanol–water partition coefficient (Wildman–Crippen LogP) is 2.83. The fourth-order valence-electron chi connectivity index (χ4n) is 1.83. The van der Waals surface area contributed by atoms with E-state index in [1.165, 1.54) is 12.2 Å². The summed E-state index contributed by atoms with van der Waals surface area (Å²) in [5, 5.41) is 14.3. The molecule has 6 heteroatoms. The Kier molecular flexibility index (Phi) is 6.10. The minimum absolute atomic E-state index is 0.201. The van der Waals surface area contributed by atoms with E-state index in [1.807, 2.05) is 11.8 Å². The zero-order valence-corrected chi connectivity index (χ0v) is 12.8. The van der Waals surface area contributed by atoms with Gasteiger partial charge < -0.3 is 15.2 Å². The Labute approximate surface area is 127 Å². The van der Waals surface area contributed by atoms with Crippen molar-refractivity contribution < 1.29 is 9.84 Å². The summed E-state index contributed by atoms with van der Waals surface area (Å²) in [6.45, 7) is 0.732. The second-order valence-corrected chi connectivity index (χ2v) is 6.50. The van der Waals surface area contributed by atoms with Crippen molar-refractivity contribution in [2.45, 2.75) is 18.6 Å². The maximum Gasteiger partial charge on any atom is 0.139 e. The molecule has 1 saturated heterocycles. The van der Waals surface area contributed by atoms with Gasteiger partial charge in [0, 0.05) is 29.4 Å². The zero-order chi connectivity index (χ0) is 13.7. The van der Waals surface area contributed by atoms with Crippen molar-refractivity contribution in [1.82, 2.24) is 5.32 Å². The topological polar surface area (TPSA) is 41.5 Å². The molecule has 0 bridgehead atoms. The lowest BCUT2D eigenvalue weighted by Gasteiger charge is -2.16. The molecule has 1 aliphatic rings. The van der Waals surface area contributed by atoms with E-state index in [-0.39, 0.29) is 6.61 Å². The lowest BCUT2D eigenvalue weighted by Crippen LogP contribution is -2.38. The van der Waals surface area contributed by atoms with Crippen molar-refractivity contribution in [1.29, 1.82) is 0 Å². The van der Waals surface area contributed by atoms with Gasteiger partial charge in [0.25, 0.3) is 0 Å². The van der Waals surface area contributed by atoms with Crippen LogP contribution in [0.1, 0.15) is 6.42 Å². The first-order chi connectivity index (χ1) is 9.15. The number of aliphatic hydroxyl groups is 1. The molecule has 2 rings (SSSR count). The predicted molar refractivity (Wildman–Crippen MR) is 81.7 cm³/mol. The van der Waals surface area contributed by atoms with Crippen LogP contribution in [-0.2, 0) is 0 Å². The molecule has 0 aromatic heterocycles. The monoisotopic (exact) mass is 321 g/mol. The van der Waals surface area contributed by atoms with Gasteiger partial charge in [0.15, 0.2) is 0 Å². The summed E-state index contributed by atoms with van der Waals surface area (Å²) in [5.74, 6) is 2.82. The van der Waals surface area contributed by atoms with Crippen molar-refractivity contribution in [2.75, 3.05) is 24.7 Å². The van der Waals surface area contributed by atoms with Crippen LogP contribution in [0.15, 0.2) is 18.2 Å². The van der Waals surface area contributed by atoms with E-state index >= 15 is 0 Å². The first-order valence-electron chi connectivity index (χ1n) is 6.22. The van der Waals surface area contributed by atoms with Gasteiger partial charge in [-0.15, -0.1) is 0 Å². The highest BCUT2D eigenvalue weighted by Crippen LogP contribution is 2.27. The molecule has 0 spiro atoms. The third-order valence-electron chi connectivity index (χ3n) is 2.90. The summed E-state index contributed by atoms with van der Waals surface area (Å²) in [7, 11) is 0. The Hall–Kier alpha value is -0.130. The first-order valence-corrected chi connectivity index (χ1v) is 8.13. The average molecular weight is 322 g/mol. The molecule has 3 nitrogen and oxygen atoms in total. The molecular formula is C13H17Cl2NO2S. The molecule has 2 unspecified atom stereocenters. The summed E-state index contributed by atoms with van der Waals surface area (Å²) in [6.07, 6.45) is 0.610. The fraction of sp³-hybridized carbons (Fsp3) is 0.538. The zero-order valence-electron chi connectivity index (χ0n) is 10.4. The highest BCUT2D eigenvalue weighted by molar-refractivity contribution is 7.99. The molecule has 1 aromatic carbocycles. The molecule has 0 saturated carbocycles. The molecule has 1 aliphatic heterocycles. The van der Waals surface area contributed by atoms with Crippen LogP contribution in [0, 0.1) is 0 Å². The van der Waals surface area contributed by atoms with Gasteiger partial charge in [-0.1, -0.05) is 23.2 Å². The maximum absolute atomic E-state index is 9.86. The Morgan fingerprint density at radius 3 is 3.05 bits per heavy atom. The van der Waals surface area contributed by atoms with Gasteiger partial charge in [-0.3, -0.25) is 0 Å². The van der Waals surface area contributed by atoms with Gasteiger partial charge in [-0.2, -0.15) is 11.8 Å². The van der Waals surface area contributed by atoms with Crippen molar-refractivity contribution in [3.8, 4) is 5.75 Å². The van der Waals surface area contributed by atoms with Crippen molar-refractivity contribution in [3.05, 3.63) is 28.2 Å². The number of aliphatic hydroxyl groups excluding tert-OH is 1. The molecule has 106 valence electrons. The van der Waals surface area contributed by atoms with E-state index in [0.717, 1.165) is 5.75 Å². The number of thioether (sulfide) groups is 1. The first kappa shape index (κ1) is 15.3. The second kappa shape index (κ2) is 7.60. The smallest absolute Gasteiger partial charge is 0.139 e. The van der Waals surface area contributed by atoms with Crippen LogP contribution in [0.2, 0.25) is 10.0 Å². The third-order valence-corrected chi connectivity index (χ3v) is 4.61. The van der Waals surface area contributed by atoms with E-state index in [0.29, 0.717) is 28.4 Å². The van der Waals surface area contributed by atoms with Crippen LogP contribution < -0.4 is 10.1 Å². The highest BCUT2D eigenvalue weighted by Gasteiger charge is 2.16. The molecular weight excluding hydrogens is 305 g/mol. The summed E-state index contributed by atoms with van der Waals surface area (Å²) in [6, 6.07) is 5.54. The number of ether oxygens (including phenoxy) is 1.